The lowest BCUT2D eigenvalue weighted by atomic mass is 9.83. The molecule has 3 nitrogen and oxygen atoms in total. The Morgan fingerprint density at radius 1 is 1.22 bits per heavy atom. The smallest absolute Gasteiger partial charge is 0.224 e. The first kappa shape index (κ1) is 18.3. The first-order valence-corrected chi connectivity index (χ1v) is 8.66. The summed E-state index contributed by atoms with van der Waals surface area (Å²) in [6, 6.07) is 10.6. The second-order valence-corrected chi connectivity index (χ2v) is 7.44. The van der Waals surface area contributed by atoms with Crippen LogP contribution in [0.15, 0.2) is 30.3 Å². The number of benzene rings is 1. The van der Waals surface area contributed by atoms with E-state index in [9.17, 15) is 4.79 Å². The molecule has 0 aromatic heterocycles. The number of rotatable bonds is 5. The first-order chi connectivity index (χ1) is 10.6. The van der Waals surface area contributed by atoms with Crippen molar-refractivity contribution in [2.75, 3.05) is 6.54 Å². The van der Waals surface area contributed by atoms with Crippen LogP contribution in [0.4, 0.5) is 0 Å². The third kappa shape index (κ3) is 3.72. The second kappa shape index (κ2) is 7.67. The molecule has 5 unspecified atom stereocenters. The Hall–Kier alpha value is -1.06. The lowest BCUT2D eigenvalue weighted by Crippen LogP contribution is -2.46. The Balaban J connectivity index is 0.00000192. The molecule has 2 bridgehead atoms. The molecular formula is C19H29ClN2O. The van der Waals surface area contributed by atoms with Crippen LogP contribution in [0.25, 0.3) is 0 Å². The summed E-state index contributed by atoms with van der Waals surface area (Å²) in [5.41, 5.74) is 7.58. The van der Waals surface area contributed by atoms with Crippen molar-refractivity contribution in [3.05, 3.63) is 35.9 Å². The van der Waals surface area contributed by atoms with Gasteiger partial charge in [-0.25, -0.2) is 0 Å². The zero-order valence-corrected chi connectivity index (χ0v) is 14.9. The predicted molar refractivity (Wildman–Crippen MR) is 96.6 cm³/mol. The van der Waals surface area contributed by atoms with E-state index >= 15 is 0 Å². The lowest BCUT2D eigenvalue weighted by molar-refractivity contribution is -0.127. The van der Waals surface area contributed by atoms with Crippen LogP contribution in [0.3, 0.4) is 0 Å². The van der Waals surface area contributed by atoms with Gasteiger partial charge < -0.3 is 11.1 Å². The molecule has 23 heavy (non-hydrogen) atoms. The number of carbonyl (C=O) groups is 1. The summed E-state index contributed by atoms with van der Waals surface area (Å²) in [6.45, 7) is 5.14. The minimum Gasteiger partial charge on any atom is -0.355 e. The van der Waals surface area contributed by atoms with Gasteiger partial charge in [0.2, 0.25) is 5.91 Å². The Kier molecular flexibility index (Phi) is 6.10. The molecule has 0 aliphatic heterocycles. The van der Waals surface area contributed by atoms with Crippen molar-refractivity contribution in [3.8, 4) is 0 Å². The number of nitrogens with one attached hydrogen (secondary N) is 1. The average molecular weight is 337 g/mol. The van der Waals surface area contributed by atoms with Crippen LogP contribution in [0.1, 0.15) is 44.6 Å². The molecular weight excluding hydrogens is 308 g/mol. The van der Waals surface area contributed by atoms with Gasteiger partial charge >= 0.3 is 0 Å². The normalized spacial score (nSPS) is 30.1. The number of fused-ring (bicyclic) bond motifs is 2. The molecule has 2 aliphatic rings. The van der Waals surface area contributed by atoms with E-state index in [1.54, 1.807) is 0 Å². The van der Waals surface area contributed by atoms with E-state index in [4.69, 9.17) is 5.73 Å². The van der Waals surface area contributed by atoms with E-state index in [-0.39, 0.29) is 30.3 Å². The quantitative estimate of drug-likeness (QED) is 0.866. The van der Waals surface area contributed by atoms with Crippen LogP contribution in [0.2, 0.25) is 0 Å². The molecule has 0 radical (unpaired) electrons. The summed E-state index contributed by atoms with van der Waals surface area (Å²) >= 11 is 0. The maximum atomic E-state index is 12.6. The van der Waals surface area contributed by atoms with Crippen molar-refractivity contribution in [3.63, 3.8) is 0 Å². The topological polar surface area (TPSA) is 55.1 Å². The standard InChI is InChI=1S/C19H28N2O.ClH/c1-12(2)16(13-6-4-3-5-7-13)11-21-19(22)17-14-8-9-15(10-14)18(17)20;/h3-7,12,14-18H,8-11,20H2,1-2H3,(H,21,22);1H. The number of halogens is 1. The first-order valence-electron chi connectivity index (χ1n) is 8.66. The number of nitrogens with two attached hydrogens (primary N) is 1. The van der Waals surface area contributed by atoms with Crippen LogP contribution < -0.4 is 11.1 Å². The lowest BCUT2D eigenvalue weighted by Gasteiger charge is -2.28. The van der Waals surface area contributed by atoms with Crippen LogP contribution in [0.5, 0.6) is 0 Å². The van der Waals surface area contributed by atoms with Gasteiger partial charge in [-0.15, -0.1) is 12.4 Å². The Bertz CT molecular complexity index is 517. The molecule has 1 aromatic rings. The van der Waals surface area contributed by atoms with Crippen LogP contribution in [0, 0.1) is 23.7 Å². The third-order valence-electron chi connectivity index (χ3n) is 5.81. The third-order valence-corrected chi connectivity index (χ3v) is 5.81. The maximum Gasteiger partial charge on any atom is 0.224 e. The molecule has 2 aliphatic carbocycles. The van der Waals surface area contributed by atoms with Crippen molar-refractivity contribution in [2.45, 2.75) is 45.1 Å². The molecule has 0 spiro atoms. The molecule has 3 N–H and O–H groups in total. The fourth-order valence-electron chi connectivity index (χ4n) is 4.49. The van der Waals surface area contributed by atoms with Gasteiger partial charge in [0.15, 0.2) is 0 Å². The molecule has 2 saturated carbocycles. The minimum atomic E-state index is 0. The molecule has 3 rings (SSSR count). The molecule has 1 aromatic carbocycles. The van der Waals surface area contributed by atoms with E-state index in [1.165, 1.54) is 18.4 Å². The minimum absolute atomic E-state index is 0. The second-order valence-electron chi connectivity index (χ2n) is 7.44. The number of amides is 1. The van der Waals surface area contributed by atoms with Gasteiger partial charge in [0, 0.05) is 18.5 Å². The highest BCUT2D eigenvalue weighted by atomic mass is 35.5. The summed E-state index contributed by atoms with van der Waals surface area (Å²) in [6.07, 6.45) is 3.56. The van der Waals surface area contributed by atoms with Crippen LogP contribution in [-0.2, 0) is 4.79 Å². The van der Waals surface area contributed by atoms with E-state index in [0.29, 0.717) is 30.2 Å². The molecule has 4 heteroatoms. The van der Waals surface area contributed by atoms with E-state index in [2.05, 4.69) is 43.4 Å². The predicted octanol–water partition coefficient (Wildman–Crippen LogP) is 3.34. The zero-order chi connectivity index (χ0) is 15.7. The molecule has 128 valence electrons. The van der Waals surface area contributed by atoms with Gasteiger partial charge in [0.25, 0.3) is 0 Å². The van der Waals surface area contributed by atoms with Crippen molar-refractivity contribution < 1.29 is 4.79 Å². The Morgan fingerprint density at radius 3 is 2.43 bits per heavy atom. The average Bonchev–Trinajstić information content (AvgIpc) is 3.09. The van der Waals surface area contributed by atoms with Crippen molar-refractivity contribution in [1.82, 2.24) is 5.32 Å². The fraction of sp³-hybridized carbons (Fsp3) is 0.632. The summed E-state index contributed by atoms with van der Waals surface area (Å²) in [5, 5.41) is 3.20. The van der Waals surface area contributed by atoms with Crippen molar-refractivity contribution in [2.24, 2.45) is 29.4 Å². The number of hydrogen-bond donors (Lipinski definition) is 2. The highest BCUT2D eigenvalue weighted by molar-refractivity contribution is 5.85. The van der Waals surface area contributed by atoms with Gasteiger partial charge in [0.05, 0.1) is 5.92 Å². The largest absolute Gasteiger partial charge is 0.355 e. The fourth-order valence-corrected chi connectivity index (χ4v) is 4.49. The highest BCUT2D eigenvalue weighted by Crippen LogP contribution is 2.47. The SMILES string of the molecule is CC(C)C(CNC(=O)C1C2CCC(C2)C1N)c1ccccc1.Cl. The van der Waals surface area contributed by atoms with Gasteiger partial charge in [-0.1, -0.05) is 44.2 Å². The summed E-state index contributed by atoms with van der Waals surface area (Å²) in [4.78, 5) is 12.6. The summed E-state index contributed by atoms with van der Waals surface area (Å²) in [5.74, 6) is 2.19. The molecule has 5 atom stereocenters. The Labute approximate surface area is 145 Å². The number of carbonyl (C=O) groups excluding carboxylic acids is 1. The van der Waals surface area contributed by atoms with Crippen LogP contribution in [-0.4, -0.2) is 18.5 Å². The zero-order valence-electron chi connectivity index (χ0n) is 14.1. The maximum absolute atomic E-state index is 12.6. The van der Waals surface area contributed by atoms with E-state index < -0.39 is 0 Å². The molecule has 0 saturated heterocycles. The monoisotopic (exact) mass is 336 g/mol. The Morgan fingerprint density at radius 2 is 1.87 bits per heavy atom. The number of hydrogen-bond acceptors (Lipinski definition) is 2. The van der Waals surface area contributed by atoms with E-state index in [1.807, 2.05) is 6.07 Å². The summed E-state index contributed by atoms with van der Waals surface area (Å²) < 4.78 is 0. The van der Waals surface area contributed by atoms with Gasteiger partial charge in [-0.3, -0.25) is 4.79 Å². The van der Waals surface area contributed by atoms with Gasteiger partial charge in [0.1, 0.15) is 0 Å². The van der Waals surface area contributed by atoms with Crippen molar-refractivity contribution >= 4 is 18.3 Å². The van der Waals surface area contributed by atoms with Crippen LogP contribution >= 0.6 is 12.4 Å². The van der Waals surface area contributed by atoms with E-state index in [0.717, 1.165) is 6.42 Å². The highest BCUT2D eigenvalue weighted by Gasteiger charge is 2.49. The van der Waals surface area contributed by atoms with Gasteiger partial charge in [-0.2, -0.15) is 0 Å². The summed E-state index contributed by atoms with van der Waals surface area (Å²) in [7, 11) is 0. The molecule has 2 fully saturated rings. The molecule has 1 amide bonds. The van der Waals surface area contributed by atoms with Crippen molar-refractivity contribution in [1.29, 1.82) is 0 Å². The molecule has 0 heterocycles. The van der Waals surface area contributed by atoms with Gasteiger partial charge in [-0.05, 0) is 42.6 Å².